The van der Waals surface area contributed by atoms with Gasteiger partial charge in [0, 0.05) is 17.8 Å². The summed E-state index contributed by atoms with van der Waals surface area (Å²) in [6, 6.07) is 2.55. The molecule has 1 aromatic carbocycles. The van der Waals surface area contributed by atoms with E-state index in [0.29, 0.717) is 12.3 Å². The number of H-pyrrole nitrogens is 1. The van der Waals surface area contributed by atoms with Crippen molar-refractivity contribution in [2.75, 3.05) is 5.32 Å². The Balaban J connectivity index is 1.27. The van der Waals surface area contributed by atoms with Crippen LogP contribution < -0.4 is 16.6 Å². The average Bonchev–Trinajstić information content (AvgIpc) is 3.13. The molecule has 1 amide bonds. The fourth-order valence-electron chi connectivity index (χ4n) is 7.47. The van der Waals surface area contributed by atoms with Crippen LogP contribution in [0.4, 0.5) is 5.69 Å². The van der Waals surface area contributed by atoms with Crippen molar-refractivity contribution in [3.05, 3.63) is 45.2 Å². The molecule has 2 aliphatic heterocycles. The standard InChI is InChI=1S/C25H26N2O7/c1-23(16(29)5-8-25-10-12-9-15(20(23)25)34-24(12,2)11-25)7-6-17(30)26-18-14(28)4-3-13-19(18)33-22(32)27-21(13)31/h3-5,8,12,15,20,28H,6-7,9-11H2,1-2H3,(H,26,30)(H,27,31,32)/t12-,15+,20+,23-,24+,25+/m0/s1. The van der Waals surface area contributed by atoms with Crippen LogP contribution in [-0.4, -0.2) is 33.5 Å². The van der Waals surface area contributed by atoms with Gasteiger partial charge >= 0.3 is 5.76 Å². The van der Waals surface area contributed by atoms with Crippen molar-refractivity contribution in [2.45, 2.75) is 57.7 Å². The highest BCUT2D eigenvalue weighted by Crippen LogP contribution is 2.71. The number of phenols is 1. The molecule has 7 rings (SSSR count). The summed E-state index contributed by atoms with van der Waals surface area (Å²) >= 11 is 0. The highest BCUT2D eigenvalue weighted by molar-refractivity contribution is 6.02. The molecule has 5 aliphatic rings. The molecule has 1 aromatic heterocycles. The van der Waals surface area contributed by atoms with E-state index >= 15 is 0 Å². The molecule has 3 N–H and O–H groups in total. The van der Waals surface area contributed by atoms with Gasteiger partial charge < -0.3 is 19.6 Å². The third-order valence-corrected chi connectivity index (χ3v) is 8.84. The molecule has 4 bridgehead atoms. The molecular weight excluding hydrogens is 440 g/mol. The van der Waals surface area contributed by atoms with Gasteiger partial charge in [-0.3, -0.25) is 19.4 Å². The molecule has 9 heteroatoms. The second kappa shape index (κ2) is 6.69. The van der Waals surface area contributed by atoms with Crippen LogP contribution in [0.5, 0.6) is 5.75 Å². The van der Waals surface area contributed by atoms with E-state index in [0.717, 1.165) is 19.3 Å². The number of amides is 1. The largest absolute Gasteiger partial charge is 0.506 e. The van der Waals surface area contributed by atoms with Gasteiger partial charge in [0.1, 0.15) is 11.4 Å². The minimum Gasteiger partial charge on any atom is -0.506 e. The minimum absolute atomic E-state index is 0.00238. The van der Waals surface area contributed by atoms with Crippen molar-refractivity contribution in [2.24, 2.45) is 22.7 Å². The molecule has 2 aromatic rings. The Morgan fingerprint density at radius 1 is 1.26 bits per heavy atom. The summed E-state index contributed by atoms with van der Waals surface area (Å²) in [6.45, 7) is 4.11. The molecule has 2 saturated heterocycles. The lowest BCUT2D eigenvalue weighted by atomic mass is 9.51. The molecule has 2 saturated carbocycles. The third kappa shape index (κ3) is 2.76. The Morgan fingerprint density at radius 2 is 2.06 bits per heavy atom. The Hall–Kier alpha value is -3.20. The van der Waals surface area contributed by atoms with Crippen LogP contribution in [0.15, 0.2) is 38.3 Å². The van der Waals surface area contributed by atoms with Crippen molar-refractivity contribution in [1.82, 2.24) is 4.98 Å². The molecule has 1 spiro atoms. The number of ketones is 1. The van der Waals surface area contributed by atoms with Crippen molar-refractivity contribution < 1.29 is 23.8 Å². The van der Waals surface area contributed by atoms with Gasteiger partial charge in [-0.2, -0.15) is 0 Å². The van der Waals surface area contributed by atoms with Gasteiger partial charge in [0.05, 0.1) is 17.1 Å². The second-order valence-corrected chi connectivity index (χ2v) is 10.8. The summed E-state index contributed by atoms with van der Waals surface area (Å²) in [7, 11) is 0. The molecule has 9 nitrogen and oxygen atoms in total. The zero-order chi connectivity index (χ0) is 24.0. The van der Waals surface area contributed by atoms with E-state index in [1.165, 1.54) is 12.1 Å². The van der Waals surface area contributed by atoms with Crippen molar-refractivity contribution in [3.8, 4) is 5.75 Å². The van der Waals surface area contributed by atoms with Crippen molar-refractivity contribution in [3.63, 3.8) is 0 Å². The lowest BCUT2D eigenvalue weighted by Crippen LogP contribution is -2.56. The maximum Gasteiger partial charge on any atom is 0.419 e. The maximum absolute atomic E-state index is 13.2. The van der Waals surface area contributed by atoms with E-state index in [1.807, 2.05) is 11.9 Å². The molecule has 4 fully saturated rings. The normalized spacial score (nSPS) is 37.4. The Bertz CT molecular complexity index is 1410. The van der Waals surface area contributed by atoms with Crippen molar-refractivity contribution >= 4 is 28.3 Å². The Morgan fingerprint density at radius 3 is 2.82 bits per heavy atom. The van der Waals surface area contributed by atoms with E-state index in [9.17, 15) is 24.3 Å². The molecule has 6 atom stereocenters. The first-order valence-electron chi connectivity index (χ1n) is 11.7. The van der Waals surface area contributed by atoms with Gasteiger partial charge in [0.15, 0.2) is 11.4 Å². The lowest BCUT2D eigenvalue weighted by molar-refractivity contribution is -0.169. The summed E-state index contributed by atoms with van der Waals surface area (Å²) in [5.41, 5.74) is -1.97. The van der Waals surface area contributed by atoms with Gasteiger partial charge in [-0.1, -0.05) is 13.0 Å². The minimum atomic E-state index is -0.990. The molecule has 178 valence electrons. The van der Waals surface area contributed by atoms with Crippen LogP contribution in [0.1, 0.15) is 46.0 Å². The smallest absolute Gasteiger partial charge is 0.419 e. The molecular formula is C25H26N2O7. The summed E-state index contributed by atoms with van der Waals surface area (Å²) in [5, 5.41) is 12.9. The average molecular weight is 466 g/mol. The Kier molecular flexibility index (Phi) is 4.20. The number of carbonyl (C=O) groups excluding carboxylic acids is 2. The van der Waals surface area contributed by atoms with Crippen molar-refractivity contribution in [1.29, 1.82) is 0 Å². The first-order valence-corrected chi connectivity index (χ1v) is 11.7. The fourth-order valence-corrected chi connectivity index (χ4v) is 7.47. The summed E-state index contributed by atoms with van der Waals surface area (Å²) in [5.74, 6) is -1.25. The highest BCUT2D eigenvalue weighted by Gasteiger charge is 2.71. The topological polar surface area (TPSA) is 139 Å². The van der Waals surface area contributed by atoms with Crippen LogP contribution >= 0.6 is 0 Å². The molecule has 0 unspecified atom stereocenters. The number of allylic oxidation sites excluding steroid dienone is 2. The number of benzene rings is 1. The number of phenolic OH excluding ortho intramolecular Hbond substituents is 1. The summed E-state index contributed by atoms with van der Waals surface area (Å²) < 4.78 is 11.5. The zero-order valence-electron chi connectivity index (χ0n) is 19.0. The zero-order valence-corrected chi connectivity index (χ0v) is 19.0. The van der Waals surface area contributed by atoms with Gasteiger partial charge in [-0.25, -0.2) is 4.79 Å². The number of nitrogens with one attached hydrogen (secondary N) is 2. The molecule has 0 radical (unpaired) electrons. The predicted octanol–water partition coefficient (Wildman–Crippen LogP) is 2.62. The second-order valence-electron chi connectivity index (χ2n) is 10.8. The summed E-state index contributed by atoms with van der Waals surface area (Å²) in [4.78, 5) is 51.8. The van der Waals surface area contributed by atoms with Gasteiger partial charge in [-0.05, 0) is 62.1 Å². The third-order valence-electron chi connectivity index (χ3n) is 8.84. The van der Waals surface area contributed by atoms with Crippen LogP contribution in [0.25, 0.3) is 11.0 Å². The quantitative estimate of drug-likeness (QED) is 0.589. The van der Waals surface area contributed by atoms with E-state index in [-0.39, 0.29) is 57.6 Å². The molecule has 3 aliphatic carbocycles. The summed E-state index contributed by atoms with van der Waals surface area (Å²) in [6.07, 6.45) is 6.98. The number of carbonyl (C=O) groups is 2. The number of hydrogen-bond donors (Lipinski definition) is 3. The van der Waals surface area contributed by atoms with E-state index in [2.05, 4.69) is 18.3 Å². The van der Waals surface area contributed by atoms with E-state index < -0.39 is 22.6 Å². The number of ether oxygens (including phenoxy) is 1. The number of aromatic hydroxyl groups is 1. The Labute approximate surface area is 194 Å². The number of anilines is 1. The highest BCUT2D eigenvalue weighted by atomic mass is 16.5. The van der Waals surface area contributed by atoms with Gasteiger partial charge in [-0.15, -0.1) is 0 Å². The SMILES string of the molecule is C[C@@]12C[C@]34C=CC(=O)[C@](C)(CCC(=O)Nc5c(O)ccc6c(=O)[nH]c(=O)oc56)[C@H]3[C@@H](C[C@H]1C4)O2. The lowest BCUT2D eigenvalue weighted by Gasteiger charge is -2.55. The molecule has 3 heterocycles. The monoisotopic (exact) mass is 466 g/mol. The first-order chi connectivity index (χ1) is 16.0. The van der Waals surface area contributed by atoms with Crippen LogP contribution in [0.2, 0.25) is 0 Å². The van der Waals surface area contributed by atoms with E-state index in [1.54, 1.807) is 6.08 Å². The number of fused-ring (bicyclic) bond motifs is 1. The number of rotatable bonds is 4. The first kappa shape index (κ1) is 21.3. The van der Waals surface area contributed by atoms with Gasteiger partial charge in [0.2, 0.25) is 5.91 Å². The fraction of sp³-hybridized carbons (Fsp3) is 0.520. The number of hydrogen-bond acceptors (Lipinski definition) is 7. The van der Waals surface area contributed by atoms with Gasteiger partial charge in [0.25, 0.3) is 5.56 Å². The predicted molar refractivity (Wildman–Crippen MR) is 121 cm³/mol. The van der Waals surface area contributed by atoms with Crippen LogP contribution in [0.3, 0.4) is 0 Å². The van der Waals surface area contributed by atoms with Crippen LogP contribution in [0, 0.1) is 22.7 Å². The van der Waals surface area contributed by atoms with Crippen LogP contribution in [-0.2, 0) is 14.3 Å². The number of aromatic nitrogens is 1. The number of aromatic amines is 1. The molecule has 34 heavy (non-hydrogen) atoms. The maximum atomic E-state index is 13.2. The van der Waals surface area contributed by atoms with E-state index in [4.69, 9.17) is 9.15 Å².